The van der Waals surface area contributed by atoms with Gasteiger partial charge in [0.2, 0.25) is 0 Å². The quantitative estimate of drug-likeness (QED) is 0.830. The third kappa shape index (κ3) is 3.03. The maximum Gasteiger partial charge on any atom is 0.108 e. The molecular formula is C17H18O2. The van der Waals surface area contributed by atoms with Gasteiger partial charge in [0.1, 0.15) is 6.10 Å². The second-order valence-corrected chi connectivity index (χ2v) is 4.82. The number of benzene rings is 2. The summed E-state index contributed by atoms with van der Waals surface area (Å²) in [7, 11) is 0. The summed E-state index contributed by atoms with van der Waals surface area (Å²) < 4.78 is 11.7. The Labute approximate surface area is 114 Å². The first-order valence-corrected chi connectivity index (χ1v) is 6.76. The number of hydrogen-bond donors (Lipinski definition) is 0. The first kappa shape index (κ1) is 12.4. The summed E-state index contributed by atoms with van der Waals surface area (Å²) in [5.74, 6) is 0. The first-order chi connectivity index (χ1) is 9.43. The molecule has 19 heavy (non-hydrogen) atoms. The van der Waals surface area contributed by atoms with Crippen LogP contribution in [-0.4, -0.2) is 19.3 Å². The lowest BCUT2D eigenvalue weighted by Crippen LogP contribution is -2.17. The normalized spacial score (nSPS) is 18.9. The van der Waals surface area contributed by atoms with Crippen LogP contribution in [-0.2, 0) is 9.47 Å². The molecule has 1 heterocycles. The van der Waals surface area contributed by atoms with Crippen LogP contribution >= 0.6 is 0 Å². The fourth-order valence-electron chi connectivity index (χ4n) is 2.42. The fraction of sp³-hybridized carbons (Fsp3) is 0.294. The number of hydrogen-bond acceptors (Lipinski definition) is 2. The van der Waals surface area contributed by atoms with Crippen LogP contribution in [0.4, 0.5) is 0 Å². The van der Waals surface area contributed by atoms with E-state index in [-0.39, 0.29) is 12.2 Å². The van der Waals surface area contributed by atoms with Gasteiger partial charge in [-0.1, -0.05) is 60.7 Å². The lowest BCUT2D eigenvalue weighted by molar-refractivity contribution is 0.00294. The van der Waals surface area contributed by atoms with Gasteiger partial charge in [-0.2, -0.15) is 0 Å². The van der Waals surface area contributed by atoms with Crippen LogP contribution < -0.4 is 0 Å². The molecule has 1 atom stereocenters. The predicted molar refractivity (Wildman–Crippen MR) is 75.0 cm³/mol. The van der Waals surface area contributed by atoms with Crippen LogP contribution in [0.2, 0.25) is 0 Å². The van der Waals surface area contributed by atoms with Crippen LogP contribution in [0, 0.1) is 0 Å². The summed E-state index contributed by atoms with van der Waals surface area (Å²) >= 11 is 0. The van der Waals surface area contributed by atoms with Crippen molar-refractivity contribution in [3.8, 4) is 0 Å². The van der Waals surface area contributed by atoms with Gasteiger partial charge in [0.05, 0.1) is 12.7 Å². The first-order valence-electron chi connectivity index (χ1n) is 6.76. The van der Waals surface area contributed by atoms with Crippen LogP contribution in [0.5, 0.6) is 0 Å². The lowest BCUT2D eigenvalue weighted by atomic mass is 10.0. The van der Waals surface area contributed by atoms with Crippen LogP contribution in [0.3, 0.4) is 0 Å². The molecule has 2 nitrogen and oxygen atoms in total. The minimum absolute atomic E-state index is 0.00546. The Morgan fingerprint density at radius 1 is 0.895 bits per heavy atom. The zero-order valence-electron chi connectivity index (χ0n) is 10.9. The lowest BCUT2D eigenvalue weighted by Gasteiger charge is -2.22. The smallest absolute Gasteiger partial charge is 0.108 e. The van der Waals surface area contributed by atoms with Gasteiger partial charge in [-0.15, -0.1) is 0 Å². The third-order valence-corrected chi connectivity index (χ3v) is 3.42. The molecule has 0 N–H and O–H groups in total. The third-order valence-electron chi connectivity index (χ3n) is 3.42. The molecule has 0 radical (unpaired) electrons. The second kappa shape index (κ2) is 6.00. The molecule has 1 aliphatic heterocycles. The van der Waals surface area contributed by atoms with Gasteiger partial charge in [0.15, 0.2) is 0 Å². The summed E-state index contributed by atoms with van der Waals surface area (Å²) in [6.45, 7) is 1.51. The molecule has 2 aromatic rings. The zero-order chi connectivity index (χ0) is 12.9. The topological polar surface area (TPSA) is 18.5 Å². The van der Waals surface area contributed by atoms with E-state index in [0.29, 0.717) is 6.61 Å². The molecule has 3 rings (SSSR count). The molecule has 0 spiro atoms. The van der Waals surface area contributed by atoms with Crippen molar-refractivity contribution in [2.75, 3.05) is 13.2 Å². The SMILES string of the molecule is c1ccc(C(O[C@H]2CCOC2)c2ccccc2)cc1. The minimum atomic E-state index is -0.00546. The molecule has 1 fully saturated rings. The molecular weight excluding hydrogens is 236 g/mol. The van der Waals surface area contributed by atoms with Gasteiger partial charge in [-0.3, -0.25) is 0 Å². The van der Waals surface area contributed by atoms with Crippen molar-refractivity contribution >= 4 is 0 Å². The fourth-order valence-corrected chi connectivity index (χ4v) is 2.42. The second-order valence-electron chi connectivity index (χ2n) is 4.82. The van der Waals surface area contributed by atoms with E-state index in [4.69, 9.17) is 9.47 Å². The van der Waals surface area contributed by atoms with Gasteiger partial charge in [0, 0.05) is 6.61 Å². The van der Waals surface area contributed by atoms with E-state index in [1.54, 1.807) is 0 Å². The highest BCUT2D eigenvalue weighted by molar-refractivity contribution is 5.29. The van der Waals surface area contributed by atoms with E-state index in [2.05, 4.69) is 48.5 Å². The van der Waals surface area contributed by atoms with E-state index < -0.39 is 0 Å². The van der Waals surface area contributed by atoms with E-state index >= 15 is 0 Å². The average Bonchev–Trinajstić information content (AvgIpc) is 3.00. The van der Waals surface area contributed by atoms with Gasteiger partial charge in [-0.05, 0) is 17.5 Å². The monoisotopic (exact) mass is 254 g/mol. The highest BCUT2D eigenvalue weighted by Crippen LogP contribution is 2.28. The Morgan fingerprint density at radius 3 is 1.95 bits per heavy atom. The Kier molecular flexibility index (Phi) is 3.92. The predicted octanol–water partition coefficient (Wildman–Crippen LogP) is 3.58. The Balaban J connectivity index is 1.87. The Hall–Kier alpha value is -1.64. The molecule has 0 saturated carbocycles. The number of ether oxygens (including phenoxy) is 2. The van der Waals surface area contributed by atoms with Crippen molar-refractivity contribution in [2.24, 2.45) is 0 Å². The highest BCUT2D eigenvalue weighted by atomic mass is 16.5. The van der Waals surface area contributed by atoms with Crippen LogP contribution in [0.1, 0.15) is 23.7 Å². The van der Waals surface area contributed by atoms with Crippen molar-refractivity contribution in [1.29, 1.82) is 0 Å². The van der Waals surface area contributed by atoms with E-state index in [0.717, 1.165) is 13.0 Å². The van der Waals surface area contributed by atoms with E-state index in [1.807, 2.05) is 12.1 Å². The van der Waals surface area contributed by atoms with Gasteiger partial charge in [-0.25, -0.2) is 0 Å². The summed E-state index contributed by atoms with van der Waals surface area (Å²) in [6, 6.07) is 20.8. The van der Waals surface area contributed by atoms with Gasteiger partial charge in [0.25, 0.3) is 0 Å². The maximum absolute atomic E-state index is 6.26. The Bertz CT molecular complexity index is 450. The standard InChI is InChI=1S/C17H18O2/c1-3-7-14(8-4-1)17(15-9-5-2-6-10-15)19-16-11-12-18-13-16/h1-10,16-17H,11-13H2/t16-/m0/s1. The highest BCUT2D eigenvalue weighted by Gasteiger charge is 2.23. The summed E-state index contributed by atoms with van der Waals surface area (Å²) in [6.07, 6.45) is 1.18. The molecule has 0 unspecified atom stereocenters. The molecule has 2 aromatic carbocycles. The van der Waals surface area contributed by atoms with Gasteiger partial charge >= 0.3 is 0 Å². The van der Waals surface area contributed by atoms with E-state index in [9.17, 15) is 0 Å². The van der Waals surface area contributed by atoms with Crippen molar-refractivity contribution in [1.82, 2.24) is 0 Å². The average molecular weight is 254 g/mol. The molecule has 1 saturated heterocycles. The molecule has 0 amide bonds. The van der Waals surface area contributed by atoms with Crippen molar-refractivity contribution in [2.45, 2.75) is 18.6 Å². The minimum Gasteiger partial charge on any atom is -0.379 e. The summed E-state index contributed by atoms with van der Waals surface area (Å²) in [4.78, 5) is 0. The van der Waals surface area contributed by atoms with Crippen molar-refractivity contribution in [3.63, 3.8) is 0 Å². The molecule has 0 bridgehead atoms. The van der Waals surface area contributed by atoms with Crippen LogP contribution in [0.25, 0.3) is 0 Å². The van der Waals surface area contributed by atoms with Crippen molar-refractivity contribution in [3.05, 3.63) is 71.8 Å². The molecule has 1 aliphatic rings. The number of rotatable bonds is 4. The summed E-state index contributed by atoms with van der Waals surface area (Å²) in [5, 5.41) is 0. The van der Waals surface area contributed by atoms with Crippen LogP contribution in [0.15, 0.2) is 60.7 Å². The van der Waals surface area contributed by atoms with Gasteiger partial charge < -0.3 is 9.47 Å². The van der Waals surface area contributed by atoms with E-state index in [1.165, 1.54) is 11.1 Å². The van der Waals surface area contributed by atoms with Crippen molar-refractivity contribution < 1.29 is 9.47 Å². The maximum atomic E-state index is 6.26. The summed E-state index contributed by atoms with van der Waals surface area (Å²) in [5.41, 5.74) is 2.39. The largest absolute Gasteiger partial charge is 0.379 e. The Morgan fingerprint density at radius 2 is 1.47 bits per heavy atom. The molecule has 0 aromatic heterocycles. The zero-order valence-corrected chi connectivity index (χ0v) is 10.9. The molecule has 98 valence electrons. The molecule has 0 aliphatic carbocycles. The molecule has 2 heteroatoms.